The molecular weight excluding hydrogens is 344 g/mol. The van der Waals surface area contributed by atoms with Crippen LogP contribution in [0.4, 0.5) is 5.82 Å². The number of nitrogens with one attached hydrogen (secondary N) is 2. The Morgan fingerprint density at radius 2 is 1.78 bits per heavy atom. The zero-order valence-corrected chi connectivity index (χ0v) is 14.5. The predicted octanol–water partition coefficient (Wildman–Crippen LogP) is 2.75. The molecular formula is C20H18N4O3. The summed E-state index contributed by atoms with van der Waals surface area (Å²) in [4.78, 5) is 20.7. The van der Waals surface area contributed by atoms with Gasteiger partial charge in [-0.25, -0.2) is 9.97 Å². The average molecular weight is 362 g/mol. The largest absolute Gasteiger partial charge is 0.454 e. The number of carbonyl (C=O) groups excluding carboxylic acids is 1. The molecule has 4 rings (SSSR count). The molecule has 2 heterocycles. The van der Waals surface area contributed by atoms with Crippen molar-refractivity contribution in [3.8, 4) is 11.5 Å². The Hall–Kier alpha value is -3.61. The van der Waals surface area contributed by atoms with Crippen LogP contribution in [0.3, 0.4) is 0 Å². The Morgan fingerprint density at radius 1 is 0.926 bits per heavy atom. The second-order valence-corrected chi connectivity index (χ2v) is 6.00. The van der Waals surface area contributed by atoms with Crippen molar-refractivity contribution in [3.05, 3.63) is 77.7 Å². The van der Waals surface area contributed by atoms with Crippen LogP contribution in [0.2, 0.25) is 0 Å². The zero-order chi connectivity index (χ0) is 18.5. The fraction of sp³-hybridized carbons (Fsp3) is 0.150. The fourth-order valence-electron chi connectivity index (χ4n) is 2.65. The molecule has 7 nitrogen and oxygen atoms in total. The number of hydrogen-bond acceptors (Lipinski definition) is 6. The Bertz CT molecular complexity index is 930. The molecule has 1 aliphatic heterocycles. The highest BCUT2D eigenvalue weighted by atomic mass is 16.7. The van der Waals surface area contributed by atoms with Crippen LogP contribution in [0, 0.1) is 0 Å². The monoisotopic (exact) mass is 362 g/mol. The molecule has 7 heteroatoms. The Labute approximate surface area is 156 Å². The van der Waals surface area contributed by atoms with Gasteiger partial charge in [0, 0.05) is 13.1 Å². The standard InChI is InChI=1S/C20H18N4O3/c25-20(24-10-15-6-7-17-18(8-15)27-13-26-17)16-11-23-19(12-21-16)22-9-14-4-2-1-3-5-14/h1-8,11-12H,9-10,13H2,(H,22,23)(H,24,25). The minimum absolute atomic E-state index is 0.228. The number of nitrogens with zero attached hydrogens (tertiary/aromatic N) is 2. The quantitative estimate of drug-likeness (QED) is 0.701. The van der Waals surface area contributed by atoms with E-state index in [0.717, 1.165) is 16.9 Å². The van der Waals surface area contributed by atoms with Crippen LogP contribution >= 0.6 is 0 Å². The van der Waals surface area contributed by atoms with Gasteiger partial charge in [0.15, 0.2) is 11.5 Å². The van der Waals surface area contributed by atoms with Crippen LogP contribution in [-0.2, 0) is 13.1 Å². The van der Waals surface area contributed by atoms with Gasteiger partial charge in [0.1, 0.15) is 11.5 Å². The first-order valence-corrected chi connectivity index (χ1v) is 8.54. The summed E-state index contributed by atoms with van der Waals surface area (Å²) in [7, 11) is 0. The number of anilines is 1. The first-order valence-electron chi connectivity index (χ1n) is 8.54. The zero-order valence-electron chi connectivity index (χ0n) is 14.5. The molecule has 0 saturated carbocycles. The lowest BCUT2D eigenvalue weighted by Crippen LogP contribution is -2.24. The lowest BCUT2D eigenvalue weighted by atomic mass is 10.2. The minimum atomic E-state index is -0.283. The molecule has 2 N–H and O–H groups in total. The van der Waals surface area contributed by atoms with Crippen LogP contribution in [0.25, 0.3) is 0 Å². The summed E-state index contributed by atoms with van der Waals surface area (Å²) >= 11 is 0. The lowest BCUT2D eigenvalue weighted by molar-refractivity contribution is 0.0945. The second-order valence-electron chi connectivity index (χ2n) is 6.00. The van der Waals surface area contributed by atoms with Gasteiger partial charge in [0.05, 0.1) is 12.4 Å². The van der Waals surface area contributed by atoms with Gasteiger partial charge in [-0.15, -0.1) is 0 Å². The van der Waals surface area contributed by atoms with Crippen LogP contribution in [0.5, 0.6) is 11.5 Å². The number of aromatic nitrogens is 2. The van der Waals surface area contributed by atoms with Gasteiger partial charge in [-0.05, 0) is 23.3 Å². The van der Waals surface area contributed by atoms with E-state index in [0.29, 0.717) is 24.7 Å². The molecule has 2 aromatic carbocycles. The van der Waals surface area contributed by atoms with Gasteiger partial charge in [0.2, 0.25) is 6.79 Å². The third-order valence-corrected chi connectivity index (χ3v) is 4.09. The number of ether oxygens (including phenoxy) is 2. The maximum Gasteiger partial charge on any atom is 0.271 e. The van der Waals surface area contributed by atoms with Crippen molar-refractivity contribution in [1.29, 1.82) is 0 Å². The maximum absolute atomic E-state index is 12.3. The Balaban J connectivity index is 1.31. The van der Waals surface area contributed by atoms with Crippen molar-refractivity contribution in [2.24, 2.45) is 0 Å². The third kappa shape index (κ3) is 4.14. The molecule has 1 amide bonds. The molecule has 0 saturated heterocycles. The van der Waals surface area contributed by atoms with E-state index < -0.39 is 0 Å². The molecule has 0 spiro atoms. The smallest absolute Gasteiger partial charge is 0.271 e. The maximum atomic E-state index is 12.3. The topological polar surface area (TPSA) is 85.4 Å². The summed E-state index contributed by atoms with van der Waals surface area (Å²) in [6.07, 6.45) is 3.01. The summed E-state index contributed by atoms with van der Waals surface area (Å²) in [6.45, 7) is 1.24. The Morgan fingerprint density at radius 3 is 2.59 bits per heavy atom. The molecule has 3 aromatic rings. The van der Waals surface area contributed by atoms with E-state index in [1.165, 1.54) is 6.20 Å². The highest BCUT2D eigenvalue weighted by Crippen LogP contribution is 2.32. The molecule has 0 atom stereocenters. The Kier molecular flexibility index (Phi) is 4.82. The van der Waals surface area contributed by atoms with Gasteiger partial charge < -0.3 is 20.1 Å². The molecule has 136 valence electrons. The van der Waals surface area contributed by atoms with E-state index in [4.69, 9.17) is 9.47 Å². The summed E-state index contributed by atoms with van der Waals surface area (Å²) in [5.74, 6) is 1.74. The first-order chi connectivity index (χ1) is 13.3. The normalized spacial score (nSPS) is 11.9. The van der Waals surface area contributed by atoms with E-state index in [1.54, 1.807) is 6.20 Å². The number of rotatable bonds is 6. The predicted molar refractivity (Wildman–Crippen MR) is 99.5 cm³/mol. The van der Waals surface area contributed by atoms with E-state index in [-0.39, 0.29) is 18.4 Å². The van der Waals surface area contributed by atoms with E-state index in [2.05, 4.69) is 20.6 Å². The van der Waals surface area contributed by atoms with Gasteiger partial charge in [-0.2, -0.15) is 0 Å². The molecule has 1 aliphatic rings. The molecule has 0 fully saturated rings. The van der Waals surface area contributed by atoms with Crippen LogP contribution < -0.4 is 20.1 Å². The third-order valence-electron chi connectivity index (χ3n) is 4.09. The second kappa shape index (κ2) is 7.74. The van der Waals surface area contributed by atoms with E-state index >= 15 is 0 Å². The molecule has 0 aliphatic carbocycles. The minimum Gasteiger partial charge on any atom is -0.454 e. The number of benzene rings is 2. The van der Waals surface area contributed by atoms with Gasteiger partial charge >= 0.3 is 0 Å². The van der Waals surface area contributed by atoms with Gasteiger partial charge in [-0.3, -0.25) is 4.79 Å². The SMILES string of the molecule is O=C(NCc1ccc2c(c1)OCO2)c1cnc(NCc2ccccc2)cn1. The van der Waals surface area contributed by atoms with Crippen LogP contribution in [0.1, 0.15) is 21.6 Å². The molecule has 0 radical (unpaired) electrons. The van der Waals surface area contributed by atoms with Crippen molar-refractivity contribution in [2.75, 3.05) is 12.1 Å². The number of amides is 1. The van der Waals surface area contributed by atoms with E-state index in [1.807, 2.05) is 48.5 Å². The van der Waals surface area contributed by atoms with Crippen molar-refractivity contribution < 1.29 is 14.3 Å². The van der Waals surface area contributed by atoms with Gasteiger partial charge in [-0.1, -0.05) is 36.4 Å². The number of carbonyl (C=O) groups is 1. The van der Waals surface area contributed by atoms with Gasteiger partial charge in [0.25, 0.3) is 5.91 Å². The summed E-state index contributed by atoms with van der Waals surface area (Å²) in [5.41, 5.74) is 2.33. The molecule has 27 heavy (non-hydrogen) atoms. The molecule has 0 bridgehead atoms. The summed E-state index contributed by atoms with van der Waals surface area (Å²) in [6, 6.07) is 15.6. The average Bonchev–Trinajstić information content (AvgIpc) is 3.19. The van der Waals surface area contributed by atoms with Crippen molar-refractivity contribution in [1.82, 2.24) is 15.3 Å². The summed E-state index contributed by atoms with van der Waals surface area (Å²) in [5, 5.41) is 6.00. The fourth-order valence-corrected chi connectivity index (χ4v) is 2.65. The van der Waals surface area contributed by atoms with Crippen molar-refractivity contribution in [3.63, 3.8) is 0 Å². The number of fused-ring (bicyclic) bond motifs is 1. The number of hydrogen-bond donors (Lipinski definition) is 2. The van der Waals surface area contributed by atoms with Crippen molar-refractivity contribution in [2.45, 2.75) is 13.1 Å². The van der Waals surface area contributed by atoms with Crippen LogP contribution in [-0.4, -0.2) is 22.7 Å². The van der Waals surface area contributed by atoms with E-state index in [9.17, 15) is 4.79 Å². The lowest BCUT2D eigenvalue weighted by Gasteiger charge is -2.07. The first kappa shape index (κ1) is 16.8. The molecule has 1 aromatic heterocycles. The molecule has 0 unspecified atom stereocenters. The van der Waals surface area contributed by atoms with Crippen molar-refractivity contribution >= 4 is 11.7 Å². The summed E-state index contributed by atoms with van der Waals surface area (Å²) < 4.78 is 10.6. The highest BCUT2D eigenvalue weighted by molar-refractivity contribution is 5.91. The van der Waals surface area contributed by atoms with Crippen LogP contribution in [0.15, 0.2) is 60.9 Å². The highest BCUT2D eigenvalue weighted by Gasteiger charge is 2.14.